The first-order valence-electron chi connectivity index (χ1n) is 12.2. The van der Waals surface area contributed by atoms with Crippen LogP contribution in [0.15, 0.2) is 54.6 Å². The third kappa shape index (κ3) is 4.56. The first-order valence-corrected chi connectivity index (χ1v) is 12.2. The molecule has 1 aliphatic heterocycles. The molecule has 1 unspecified atom stereocenters. The van der Waals surface area contributed by atoms with Gasteiger partial charge in [-0.2, -0.15) is 4.98 Å². The zero-order valence-electron chi connectivity index (χ0n) is 20.6. The van der Waals surface area contributed by atoms with Gasteiger partial charge >= 0.3 is 5.97 Å². The lowest BCUT2D eigenvalue weighted by atomic mass is 9.98. The maximum Gasteiger partial charge on any atom is 0.310 e. The van der Waals surface area contributed by atoms with Gasteiger partial charge in [0.05, 0.1) is 37.3 Å². The van der Waals surface area contributed by atoms with Crippen molar-refractivity contribution in [3.63, 3.8) is 0 Å². The van der Waals surface area contributed by atoms with Gasteiger partial charge in [-0.05, 0) is 37.5 Å². The number of hydrogen-bond acceptors (Lipinski definition) is 8. The van der Waals surface area contributed by atoms with E-state index >= 15 is 0 Å². The number of carbonyl (C=O) groups excluding carboxylic acids is 1. The van der Waals surface area contributed by atoms with Crippen molar-refractivity contribution in [3.05, 3.63) is 60.2 Å². The molecule has 1 atom stereocenters. The second-order valence-corrected chi connectivity index (χ2v) is 8.84. The molecule has 0 radical (unpaired) electrons. The van der Waals surface area contributed by atoms with Gasteiger partial charge in [0, 0.05) is 18.7 Å². The quantitative estimate of drug-likeness (QED) is 0.392. The smallest absolute Gasteiger partial charge is 0.310 e. The first kappa shape index (κ1) is 23.6. The molecule has 9 heteroatoms. The van der Waals surface area contributed by atoms with Crippen LogP contribution in [-0.2, 0) is 16.1 Å². The molecule has 9 nitrogen and oxygen atoms in total. The van der Waals surface area contributed by atoms with Gasteiger partial charge in [-0.3, -0.25) is 4.79 Å². The molecule has 5 rings (SSSR count). The standard InChI is InChI=1S/C27H30N6O3/c1-3-36-26(34)19-12-9-15-32(17-19)27-29-23(20-13-7-8-14-21(20)35-2)22-24(28)33(31-25(22)30-27)16-18-10-5-4-6-11-18/h4-8,10-11,13-14,19H,3,9,12,15-17,28H2,1-2H3. The van der Waals surface area contributed by atoms with Crippen molar-refractivity contribution in [1.82, 2.24) is 19.7 Å². The number of carbonyl (C=O) groups is 1. The molecule has 0 amide bonds. The lowest BCUT2D eigenvalue weighted by molar-refractivity contribution is -0.148. The van der Waals surface area contributed by atoms with Gasteiger partial charge in [0.15, 0.2) is 5.65 Å². The minimum Gasteiger partial charge on any atom is -0.496 e. The van der Waals surface area contributed by atoms with Crippen molar-refractivity contribution < 1.29 is 14.3 Å². The molecule has 36 heavy (non-hydrogen) atoms. The van der Waals surface area contributed by atoms with Crippen LogP contribution in [0.1, 0.15) is 25.3 Å². The maximum absolute atomic E-state index is 12.4. The summed E-state index contributed by atoms with van der Waals surface area (Å²) in [4.78, 5) is 24.3. The summed E-state index contributed by atoms with van der Waals surface area (Å²) in [6.07, 6.45) is 1.63. The number of esters is 1. The number of nitrogen functional groups attached to an aromatic ring is 1. The van der Waals surface area contributed by atoms with E-state index in [2.05, 4.69) is 0 Å². The van der Waals surface area contributed by atoms with E-state index in [0.717, 1.165) is 30.5 Å². The molecule has 4 aromatic rings. The van der Waals surface area contributed by atoms with E-state index in [1.165, 1.54) is 0 Å². The van der Waals surface area contributed by atoms with Gasteiger partial charge in [0.2, 0.25) is 5.95 Å². The van der Waals surface area contributed by atoms with Gasteiger partial charge in [-0.15, -0.1) is 5.10 Å². The second kappa shape index (κ2) is 10.2. The Bertz CT molecular complexity index is 1370. The van der Waals surface area contributed by atoms with Gasteiger partial charge in [-0.25, -0.2) is 9.67 Å². The molecule has 0 bridgehead atoms. The summed E-state index contributed by atoms with van der Waals surface area (Å²) < 4.78 is 12.7. The van der Waals surface area contributed by atoms with Crippen LogP contribution in [0, 0.1) is 5.92 Å². The number of methoxy groups -OCH3 is 1. The fraction of sp³-hybridized carbons (Fsp3) is 0.333. The van der Waals surface area contributed by atoms with Crippen molar-refractivity contribution >= 4 is 28.8 Å². The molecule has 0 aliphatic carbocycles. The van der Waals surface area contributed by atoms with Gasteiger partial charge in [0.25, 0.3) is 0 Å². The summed E-state index contributed by atoms with van der Waals surface area (Å²) in [6, 6.07) is 17.7. The molecule has 1 saturated heterocycles. The van der Waals surface area contributed by atoms with Crippen LogP contribution in [0.2, 0.25) is 0 Å². The zero-order valence-corrected chi connectivity index (χ0v) is 20.6. The van der Waals surface area contributed by atoms with Crippen molar-refractivity contribution in [2.45, 2.75) is 26.3 Å². The van der Waals surface area contributed by atoms with E-state index in [1.54, 1.807) is 11.8 Å². The number of anilines is 2. The second-order valence-electron chi connectivity index (χ2n) is 8.84. The summed E-state index contributed by atoms with van der Waals surface area (Å²) in [5, 5.41) is 5.45. The Labute approximate surface area is 209 Å². The molecule has 0 spiro atoms. The molecular formula is C27H30N6O3. The van der Waals surface area contributed by atoms with Crippen LogP contribution in [-0.4, -0.2) is 52.5 Å². The minimum atomic E-state index is -0.214. The molecule has 3 heterocycles. The molecule has 2 N–H and O–H groups in total. The highest BCUT2D eigenvalue weighted by molar-refractivity contribution is 6.00. The summed E-state index contributed by atoms with van der Waals surface area (Å²) >= 11 is 0. The highest BCUT2D eigenvalue weighted by atomic mass is 16.5. The molecule has 1 fully saturated rings. The fourth-order valence-electron chi connectivity index (χ4n) is 4.71. The maximum atomic E-state index is 12.4. The Balaban J connectivity index is 1.62. The number of rotatable bonds is 7. The third-order valence-electron chi connectivity index (χ3n) is 6.49. The van der Waals surface area contributed by atoms with E-state index in [0.29, 0.717) is 53.9 Å². The van der Waals surface area contributed by atoms with Crippen LogP contribution < -0.4 is 15.4 Å². The Morgan fingerprint density at radius 3 is 2.67 bits per heavy atom. The van der Waals surface area contributed by atoms with Crippen LogP contribution in [0.25, 0.3) is 22.3 Å². The Morgan fingerprint density at radius 2 is 1.89 bits per heavy atom. The summed E-state index contributed by atoms with van der Waals surface area (Å²) in [6.45, 7) is 3.94. The predicted octanol–water partition coefficient (Wildman–Crippen LogP) is 3.91. The van der Waals surface area contributed by atoms with E-state index in [9.17, 15) is 4.79 Å². The number of fused-ring (bicyclic) bond motifs is 1. The number of piperidine rings is 1. The predicted molar refractivity (Wildman–Crippen MR) is 139 cm³/mol. The highest BCUT2D eigenvalue weighted by Gasteiger charge is 2.30. The van der Waals surface area contributed by atoms with Crippen molar-refractivity contribution in [2.75, 3.05) is 37.4 Å². The topological polar surface area (TPSA) is 108 Å². The fourth-order valence-corrected chi connectivity index (χ4v) is 4.71. The van der Waals surface area contributed by atoms with Crippen molar-refractivity contribution in [2.24, 2.45) is 5.92 Å². The average Bonchev–Trinajstić information content (AvgIpc) is 3.23. The van der Waals surface area contributed by atoms with E-state index in [4.69, 9.17) is 30.3 Å². The van der Waals surface area contributed by atoms with Crippen molar-refractivity contribution in [1.29, 1.82) is 0 Å². The molecule has 2 aromatic carbocycles. The number of nitrogens with two attached hydrogens (primary N) is 1. The van der Waals surface area contributed by atoms with Gasteiger partial charge < -0.3 is 20.1 Å². The Morgan fingerprint density at radius 1 is 1.11 bits per heavy atom. The lowest BCUT2D eigenvalue weighted by Crippen LogP contribution is -2.40. The van der Waals surface area contributed by atoms with Crippen LogP contribution in [0.5, 0.6) is 5.75 Å². The van der Waals surface area contributed by atoms with Gasteiger partial charge in [0.1, 0.15) is 11.6 Å². The molecule has 2 aromatic heterocycles. The van der Waals surface area contributed by atoms with Gasteiger partial charge in [-0.1, -0.05) is 42.5 Å². The van der Waals surface area contributed by atoms with E-state index < -0.39 is 0 Å². The monoisotopic (exact) mass is 486 g/mol. The average molecular weight is 487 g/mol. The Hall–Kier alpha value is -4.14. The van der Waals surface area contributed by atoms with Crippen LogP contribution >= 0.6 is 0 Å². The minimum absolute atomic E-state index is 0.176. The molecule has 186 valence electrons. The first-order chi connectivity index (χ1) is 17.6. The largest absolute Gasteiger partial charge is 0.496 e. The summed E-state index contributed by atoms with van der Waals surface area (Å²) in [7, 11) is 1.63. The van der Waals surface area contributed by atoms with Crippen LogP contribution in [0.4, 0.5) is 11.8 Å². The number of benzene rings is 2. The number of ether oxygens (including phenoxy) is 2. The molecule has 0 saturated carbocycles. The van der Waals surface area contributed by atoms with E-state index in [1.807, 2.05) is 66.4 Å². The number of hydrogen-bond donors (Lipinski definition) is 1. The molecule has 1 aliphatic rings. The lowest BCUT2D eigenvalue weighted by Gasteiger charge is -2.31. The normalized spacial score (nSPS) is 15.7. The molecular weight excluding hydrogens is 456 g/mol. The third-order valence-corrected chi connectivity index (χ3v) is 6.49. The summed E-state index contributed by atoms with van der Waals surface area (Å²) in [5.41, 5.74) is 9.69. The van der Waals surface area contributed by atoms with Crippen LogP contribution in [0.3, 0.4) is 0 Å². The Kier molecular flexibility index (Phi) is 6.71. The van der Waals surface area contributed by atoms with Crippen molar-refractivity contribution in [3.8, 4) is 17.0 Å². The number of nitrogens with zero attached hydrogens (tertiary/aromatic N) is 5. The highest BCUT2D eigenvalue weighted by Crippen LogP contribution is 2.37. The van der Waals surface area contributed by atoms with E-state index in [-0.39, 0.29) is 11.9 Å². The SMILES string of the molecule is CCOC(=O)C1CCCN(c2nc(-c3ccccc3OC)c3c(N)n(Cc4ccccc4)nc3n2)C1. The summed E-state index contributed by atoms with van der Waals surface area (Å²) in [5.74, 6) is 1.30. The number of para-hydroxylation sites is 1. The number of aromatic nitrogens is 4. The zero-order chi connectivity index (χ0) is 25.1.